The number of pyridine rings is 1. The average molecular weight is 167 g/mol. The van der Waals surface area contributed by atoms with E-state index in [0.717, 1.165) is 11.1 Å². The van der Waals surface area contributed by atoms with Crippen LogP contribution in [0.2, 0.25) is 0 Å². The summed E-state index contributed by atoms with van der Waals surface area (Å²) in [6.07, 6.45) is 0. The molecule has 0 aliphatic carbocycles. The summed E-state index contributed by atoms with van der Waals surface area (Å²) in [6.45, 7) is 3.81. The SMILES string of the molecule is COc1nc(CO)c(C)cc1C. The molecule has 0 spiro atoms. The van der Waals surface area contributed by atoms with E-state index < -0.39 is 0 Å². The summed E-state index contributed by atoms with van der Waals surface area (Å²) < 4.78 is 5.02. The second kappa shape index (κ2) is 3.54. The Morgan fingerprint density at radius 1 is 1.42 bits per heavy atom. The summed E-state index contributed by atoms with van der Waals surface area (Å²) in [6, 6.07) is 1.96. The molecular weight excluding hydrogens is 154 g/mol. The van der Waals surface area contributed by atoms with Gasteiger partial charge in [-0.15, -0.1) is 0 Å². The van der Waals surface area contributed by atoms with Crippen molar-refractivity contribution in [1.29, 1.82) is 0 Å². The molecule has 12 heavy (non-hydrogen) atoms. The van der Waals surface area contributed by atoms with Crippen LogP contribution in [0.25, 0.3) is 0 Å². The molecule has 3 nitrogen and oxygen atoms in total. The fourth-order valence-corrected chi connectivity index (χ4v) is 1.14. The molecule has 0 saturated carbocycles. The van der Waals surface area contributed by atoms with E-state index >= 15 is 0 Å². The Bertz CT molecular complexity index is 259. The number of aliphatic hydroxyl groups is 1. The topological polar surface area (TPSA) is 42.4 Å². The van der Waals surface area contributed by atoms with Crippen LogP contribution in [0.5, 0.6) is 5.88 Å². The number of rotatable bonds is 2. The van der Waals surface area contributed by atoms with Crippen LogP contribution >= 0.6 is 0 Å². The van der Waals surface area contributed by atoms with Gasteiger partial charge >= 0.3 is 0 Å². The maximum atomic E-state index is 8.91. The van der Waals surface area contributed by atoms with Gasteiger partial charge in [0.05, 0.1) is 19.4 Å². The standard InChI is InChI=1S/C9H13NO2/c1-6-4-7(2)9(12-3)10-8(6)5-11/h4,11H,5H2,1-3H3. The van der Waals surface area contributed by atoms with Crippen molar-refractivity contribution in [1.82, 2.24) is 4.98 Å². The average Bonchev–Trinajstić information content (AvgIpc) is 2.05. The number of nitrogens with zero attached hydrogens (tertiary/aromatic N) is 1. The first-order valence-corrected chi connectivity index (χ1v) is 3.81. The molecule has 0 saturated heterocycles. The van der Waals surface area contributed by atoms with Gasteiger partial charge in [-0.1, -0.05) is 0 Å². The van der Waals surface area contributed by atoms with E-state index in [2.05, 4.69) is 4.98 Å². The molecular formula is C9H13NO2. The zero-order valence-corrected chi connectivity index (χ0v) is 7.59. The van der Waals surface area contributed by atoms with E-state index in [4.69, 9.17) is 9.84 Å². The first kappa shape index (κ1) is 9.00. The quantitative estimate of drug-likeness (QED) is 0.719. The number of aryl methyl sites for hydroxylation is 2. The minimum atomic E-state index is -0.0392. The molecule has 0 aliphatic rings. The van der Waals surface area contributed by atoms with Crippen LogP contribution < -0.4 is 4.74 Å². The van der Waals surface area contributed by atoms with Crippen LogP contribution in [0.15, 0.2) is 6.07 Å². The third-order valence-electron chi connectivity index (χ3n) is 1.81. The van der Waals surface area contributed by atoms with Gasteiger partial charge in [0.25, 0.3) is 0 Å². The normalized spacial score (nSPS) is 10.0. The smallest absolute Gasteiger partial charge is 0.216 e. The molecule has 0 aliphatic heterocycles. The lowest BCUT2D eigenvalue weighted by Crippen LogP contribution is -1.99. The molecule has 0 bridgehead atoms. The van der Waals surface area contributed by atoms with E-state index in [-0.39, 0.29) is 6.61 Å². The van der Waals surface area contributed by atoms with E-state index in [1.807, 2.05) is 19.9 Å². The molecule has 0 atom stereocenters. The van der Waals surface area contributed by atoms with Crippen molar-refractivity contribution in [3.8, 4) is 5.88 Å². The molecule has 1 aromatic rings. The zero-order valence-electron chi connectivity index (χ0n) is 7.59. The fraction of sp³-hybridized carbons (Fsp3) is 0.444. The lowest BCUT2D eigenvalue weighted by Gasteiger charge is -2.07. The van der Waals surface area contributed by atoms with Crippen LogP contribution in [0.4, 0.5) is 0 Å². The highest BCUT2D eigenvalue weighted by Crippen LogP contribution is 2.17. The second-order valence-corrected chi connectivity index (χ2v) is 2.74. The van der Waals surface area contributed by atoms with Crippen LogP contribution in [-0.2, 0) is 6.61 Å². The Morgan fingerprint density at radius 2 is 2.08 bits per heavy atom. The lowest BCUT2D eigenvalue weighted by atomic mass is 10.1. The summed E-state index contributed by atoms with van der Waals surface area (Å²) in [5.41, 5.74) is 2.67. The van der Waals surface area contributed by atoms with Gasteiger partial charge in [0.1, 0.15) is 0 Å². The monoisotopic (exact) mass is 167 g/mol. The fourth-order valence-electron chi connectivity index (χ4n) is 1.14. The van der Waals surface area contributed by atoms with Crippen molar-refractivity contribution in [2.45, 2.75) is 20.5 Å². The van der Waals surface area contributed by atoms with Crippen molar-refractivity contribution in [2.24, 2.45) is 0 Å². The Balaban J connectivity index is 3.18. The first-order chi connectivity index (χ1) is 5.69. The van der Waals surface area contributed by atoms with Gasteiger partial charge in [0, 0.05) is 5.56 Å². The maximum Gasteiger partial charge on any atom is 0.216 e. The van der Waals surface area contributed by atoms with Crippen molar-refractivity contribution in [3.63, 3.8) is 0 Å². The summed E-state index contributed by atoms with van der Waals surface area (Å²) in [5, 5.41) is 8.91. The molecule has 1 aromatic heterocycles. The minimum absolute atomic E-state index is 0.0392. The van der Waals surface area contributed by atoms with Gasteiger partial charge in [0.15, 0.2) is 0 Å². The number of hydrogen-bond donors (Lipinski definition) is 1. The van der Waals surface area contributed by atoms with Crippen molar-refractivity contribution < 1.29 is 9.84 Å². The summed E-state index contributed by atoms with van der Waals surface area (Å²) in [5.74, 6) is 0.588. The molecule has 0 radical (unpaired) electrons. The van der Waals surface area contributed by atoms with Crippen LogP contribution in [0.1, 0.15) is 16.8 Å². The predicted octanol–water partition coefficient (Wildman–Crippen LogP) is 1.20. The zero-order chi connectivity index (χ0) is 9.14. The largest absolute Gasteiger partial charge is 0.481 e. The molecule has 3 heteroatoms. The third-order valence-corrected chi connectivity index (χ3v) is 1.81. The van der Waals surface area contributed by atoms with Crippen LogP contribution in [0, 0.1) is 13.8 Å². The van der Waals surface area contributed by atoms with E-state index in [1.165, 1.54) is 0 Å². The van der Waals surface area contributed by atoms with Crippen molar-refractivity contribution >= 4 is 0 Å². The van der Waals surface area contributed by atoms with E-state index in [9.17, 15) is 0 Å². The number of methoxy groups -OCH3 is 1. The lowest BCUT2D eigenvalue weighted by molar-refractivity contribution is 0.273. The highest BCUT2D eigenvalue weighted by atomic mass is 16.5. The van der Waals surface area contributed by atoms with Gasteiger partial charge in [-0.05, 0) is 25.5 Å². The van der Waals surface area contributed by atoms with Crippen LogP contribution in [0.3, 0.4) is 0 Å². The second-order valence-electron chi connectivity index (χ2n) is 2.74. The predicted molar refractivity (Wildman–Crippen MR) is 46.2 cm³/mol. The highest BCUT2D eigenvalue weighted by Gasteiger charge is 2.04. The Morgan fingerprint density at radius 3 is 2.58 bits per heavy atom. The van der Waals surface area contributed by atoms with Crippen molar-refractivity contribution in [2.75, 3.05) is 7.11 Å². The number of aliphatic hydroxyl groups excluding tert-OH is 1. The molecule has 1 heterocycles. The van der Waals surface area contributed by atoms with Gasteiger partial charge in [-0.2, -0.15) is 0 Å². The van der Waals surface area contributed by atoms with E-state index in [0.29, 0.717) is 11.6 Å². The summed E-state index contributed by atoms with van der Waals surface area (Å²) >= 11 is 0. The minimum Gasteiger partial charge on any atom is -0.481 e. The summed E-state index contributed by atoms with van der Waals surface area (Å²) in [4.78, 5) is 4.14. The molecule has 0 fully saturated rings. The Labute approximate surface area is 72.0 Å². The molecule has 0 unspecified atom stereocenters. The molecule has 1 N–H and O–H groups in total. The van der Waals surface area contributed by atoms with Gasteiger partial charge < -0.3 is 9.84 Å². The number of aromatic nitrogens is 1. The van der Waals surface area contributed by atoms with Gasteiger partial charge in [-0.3, -0.25) is 0 Å². The van der Waals surface area contributed by atoms with Gasteiger partial charge in [-0.25, -0.2) is 4.98 Å². The molecule has 0 aromatic carbocycles. The Hall–Kier alpha value is -1.09. The molecule has 0 amide bonds. The molecule has 1 rings (SSSR count). The van der Waals surface area contributed by atoms with E-state index in [1.54, 1.807) is 7.11 Å². The maximum absolute atomic E-state index is 8.91. The third kappa shape index (κ3) is 1.56. The van der Waals surface area contributed by atoms with Crippen LogP contribution in [-0.4, -0.2) is 17.2 Å². The number of hydrogen-bond acceptors (Lipinski definition) is 3. The summed E-state index contributed by atoms with van der Waals surface area (Å²) in [7, 11) is 1.58. The van der Waals surface area contributed by atoms with Gasteiger partial charge in [0.2, 0.25) is 5.88 Å². The highest BCUT2D eigenvalue weighted by molar-refractivity contribution is 5.32. The Kier molecular flexibility index (Phi) is 2.65. The van der Waals surface area contributed by atoms with Crippen molar-refractivity contribution in [3.05, 3.63) is 22.9 Å². The number of ether oxygens (including phenoxy) is 1. The molecule has 66 valence electrons. The first-order valence-electron chi connectivity index (χ1n) is 3.81.